The van der Waals surface area contributed by atoms with Gasteiger partial charge in [-0.25, -0.2) is 0 Å². The molecular formula is C11H17N3OS. The van der Waals surface area contributed by atoms with E-state index in [1.54, 1.807) is 11.3 Å². The van der Waals surface area contributed by atoms with Gasteiger partial charge in [0.15, 0.2) is 0 Å². The van der Waals surface area contributed by atoms with E-state index in [2.05, 4.69) is 26.5 Å². The molecule has 3 rings (SSSR count). The molecule has 4 nitrogen and oxygen atoms in total. The van der Waals surface area contributed by atoms with Crippen molar-refractivity contribution in [1.82, 2.24) is 15.1 Å². The summed E-state index contributed by atoms with van der Waals surface area (Å²) in [6.07, 6.45) is 1.07. The molecule has 0 amide bonds. The highest BCUT2D eigenvalue weighted by Gasteiger charge is 2.14. The monoisotopic (exact) mass is 239 g/mol. The highest BCUT2D eigenvalue weighted by atomic mass is 32.1. The van der Waals surface area contributed by atoms with Crippen molar-refractivity contribution in [3.05, 3.63) is 17.1 Å². The second kappa shape index (κ2) is 5.43. The minimum atomic E-state index is 0.719. The first-order chi connectivity index (χ1) is 7.86. The molecule has 0 atom stereocenters. The largest absolute Gasteiger partial charge is 0.375 e. The zero-order valence-electron chi connectivity index (χ0n) is 9.69. The molecule has 0 spiro atoms. The van der Waals surface area contributed by atoms with Crippen molar-refractivity contribution in [2.24, 2.45) is 0 Å². The Morgan fingerprint density at radius 2 is 2.31 bits per heavy atom. The molecule has 0 radical (unpaired) electrons. The van der Waals surface area contributed by atoms with E-state index in [4.69, 9.17) is 4.74 Å². The molecule has 16 heavy (non-hydrogen) atoms. The van der Waals surface area contributed by atoms with Crippen LogP contribution in [-0.2, 0) is 17.9 Å². The second-order valence-corrected chi connectivity index (χ2v) is 4.63. The lowest BCUT2D eigenvalue weighted by molar-refractivity contribution is 0.125. The van der Waals surface area contributed by atoms with Gasteiger partial charge in [-0.15, -0.1) is 11.3 Å². The van der Waals surface area contributed by atoms with Crippen LogP contribution in [0.25, 0.3) is 10.2 Å². The fraction of sp³-hybridized carbons (Fsp3) is 0.545. The highest BCUT2D eigenvalue weighted by molar-refractivity contribution is 7.17. The maximum Gasteiger partial charge on any atom is 0.103 e. The van der Waals surface area contributed by atoms with Crippen LogP contribution >= 0.6 is 11.3 Å². The van der Waals surface area contributed by atoms with Crippen molar-refractivity contribution in [2.45, 2.75) is 19.6 Å². The van der Waals surface area contributed by atoms with Crippen molar-refractivity contribution in [3.63, 3.8) is 0 Å². The van der Waals surface area contributed by atoms with Gasteiger partial charge in [0.2, 0.25) is 0 Å². The van der Waals surface area contributed by atoms with Crippen LogP contribution in [0, 0.1) is 0 Å². The number of nitrogens with zero attached hydrogens (tertiary/aromatic N) is 2. The summed E-state index contributed by atoms with van der Waals surface area (Å²) in [6, 6.07) is 2.07. The third kappa shape index (κ3) is 2.26. The second-order valence-electron chi connectivity index (χ2n) is 3.71. The summed E-state index contributed by atoms with van der Waals surface area (Å²) in [7, 11) is 3.75. The molecule has 2 aromatic rings. The van der Waals surface area contributed by atoms with Gasteiger partial charge in [-0.3, -0.25) is 4.68 Å². The maximum absolute atomic E-state index is 5.50. The Morgan fingerprint density at radius 3 is 3.12 bits per heavy atom. The fourth-order valence-corrected chi connectivity index (χ4v) is 2.58. The maximum atomic E-state index is 5.50. The number of rotatable bonds is 0. The van der Waals surface area contributed by atoms with E-state index in [1.807, 2.05) is 14.1 Å². The van der Waals surface area contributed by atoms with Gasteiger partial charge < -0.3 is 10.1 Å². The van der Waals surface area contributed by atoms with E-state index >= 15 is 0 Å². The van der Waals surface area contributed by atoms with Gasteiger partial charge >= 0.3 is 0 Å². The molecule has 0 aliphatic carbocycles. The number of thiophene rings is 1. The van der Waals surface area contributed by atoms with Crippen LogP contribution in [-0.4, -0.2) is 30.5 Å². The minimum absolute atomic E-state index is 0.719. The number of nitrogens with one attached hydrogen (secondary N) is 1. The van der Waals surface area contributed by atoms with Crippen molar-refractivity contribution in [3.8, 4) is 0 Å². The molecule has 0 fully saturated rings. The van der Waals surface area contributed by atoms with Crippen LogP contribution in [0.15, 0.2) is 11.4 Å². The van der Waals surface area contributed by atoms with Crippen molar-refractivity contribution >= 4 is 21.6 Å². The molecule has 5 heteroatoms. The summed E-state index contributed by atoms with van der Waals surface area (Å²) in [6.45, 7) is 2.57. The summed E-state index contributed by atoms with van der Waals surface area (Å²) in [5, 5.41) is 9.36. The van der Waals surface area contributed by atoms with E-state index in [1.165, 1.54) is 10.4 Å². The number of aryl methyl sites for hydroxylation is 1. The SMILES string of the molecule is CNC.c1cc2nn3c(c2s1)COCCC3. The van der Waals surface area contributed by atoms with Gasteiger partial charge in [0.05, 0.1) is 17.0 Å². The Balaban J connectivity index is 0.000000292. The molecule has 0 saturated heterocycles. The number of aromatic nitrogens is 2. The molecule has 1 aliphatic rings. The van der Waals surface area contributed by atoms with Crippen LogP contribution in [0.2, 0.25) is 0 Å². The lowest BCUT2D eigenvalue weighted by atomic mass is 10.4. The first-order valence-corrected chi connectivity index (χ1v) is 6.34. The summed E-state index contributed by atoms with van der Waals surface area (Å²) in [4.78, 5) is 0. The molecule has 0 saturated carbocycles. The van der Waals surface area contributed by atoms with Crippen molar-refractivity contribution in [2.75, 3.05) is 20.7 Å². The first kappa shape index (κ1) is 11.6. The lowest BCUT2D eigenvalue weighted by Crippen LogP contribution is -2.01. The van der Waals surface area contributed by atoms with Crippen molar-refractivity contribution in [1.29, 1.82) is 0 Å². The van der Waals surface area contributed by atoms with Crippen LogP contribution in [0.1, 0.15) is 12.1 Å². The van der Waals surface area contributed by atoms with E-state index < -0.39 is 0 Å². The fourth-order valence-electron chi connectivity index (χ4n) is 1.72. The van der Waals surface area contributed by atoms with Crippen LogP contribution < -0.4 is 5.32 Å². The van der Waals surface area contributed by atoms with Gasteiger partial charge in [0.1, 0.15) is 5.52 Å². The number of hydrogen-bond acceptors (Lipinski definition) is 4. The third-order valence-electron chi connectivity index (χ3n) is 2.34. The molecule has 0 bridgehead atoms. The van der Waals surface area contributed by atoms with Crippen molar-refractivity contribution < 1.29 is 4.74 Å². The van der Waals surface area contributed by atoms with E-state index in [-0.39, 0.29) is 0 Å². The summed E-state index contributed by atoms with van der Waals surface area (Å²) < 4.78 is 8.89. The molecule has 1 aliphatic heterocycles. The molecular weight excluding hydrogens is 222 g/mol. The zero-order chi connectivity index (χ0) is 11.4. The zero-order valence-corrected chi connectivity index (χ0v) is 10.5. The first-order valence-electron chi connectivity index (χ1n) is 5.46. The van der Waals surface area contributed by atoms with E-state index in [0.29, 0.717) is 0 Å². The van der Waals surface area contributed by atoms with Gasteiger partial charge in [-0.2, -0.15) is 5.10 Å². The predicted octanol–water partition coefficient (Wildman–Crippen LogP) is 1.85. The Kier molecular flexibility index (Phi) is 3.93. The van der Waals surface area contributed by atoms with Gasteiger partial charge in [-0.1, -0.05) is 0 Å². The molecule has 3 heterocycles. The Hall–Kier alpha value is -0.910. The van der Waals surface area contributed by atoms with Gasteiger partial charge in [0, 0.05) is 13.2 Å². The lowest BCUT2D eigenvalue weighted by Gasteiger charge is -1.98. The summed E-state index contributed by atoms with van der Waals surface area (Å²) in [5.74, 6) is 0. The quantitative estimate of drug-likeness (QED) is 0.762. The predicted molar refractivity (Wildman–Crippen MR) is 66.9 cm³/mol. The normalized spacial score (nSPS) is 15.1. The molecule has 1 N–H and O–H groups in total. The molecule has 2 aromatic heterocycles. The highest BCUT2D eigenvalue weighted by Crippen LogP contribution is 2.26. The average Bonchev–Trinajstić information content (AvgIpc) is 2.75. The number of fused-ring (bicyclic) bond motifs is 3. The summed E-state index contributed by atoms with van der Waals surface area (Å²) >= 11 is 1.75. The van der Waals surface area contributed by atoms with Crippen LogP contribution in [0.4, 0.5) is 0 Å². The Bertz CT molecular complexity index is 449. The number of hydrogen-bond donors (Lipinski definition) is 1. The average molecular weight is 239 g/mol. The Labute approximate surface area is 99.2 Å². The minimum Gasteiger partial charge on any atom is -0.375 e. The summed E-state index contributed by atoms with van der Waals surface area (Å²) in [5.41, 5.74) is 2.37. The third-order valence-corrected chi connectivity index (χ3v) is 3.30. The standard InChI is InChI=1S/C9H10N2OS.C2H7N/c1-3-11-8(6-12-4-1)9-7(10-11)2-5-13-9;1-3-2/h2,5H,1,3-4,6H2;3H,1-2H3. The number of ether oxygens (including phenoxy) is 1. The molecule has 0 unspecified atom stereocenters. The van der Waals surface area contributed by atoms with Gasteiger partial charge in [-0.05, 0) is 32.0 Å². The smallest absolute Gasteiger partial charge is 0.103 e. The Morgan fingerprint density at radius 1 is 1.50 bits per heavy atom. The molecule has 0 aromatic carbocycles. The topological polar surface area (TPSA) is 39.1 Å². The van der Waals surface area contributed by atoms with Crippen LogP contribution in [0.3, 0.4) is 0 Å². The van der Waals surface area contributed by atoms with E-state index in [0.717, 1.165) is 31.7 Å². The van der Waals surface area contributed by atoms with Crippen LogP contribution in [0.5, 0.6) is 0 Å². The van der Waals surface area contributed by atoms with Gasteiger partial charge in [0.25, 0.3) is 0 Å². The molecule has 88 valence electrons. The van der Waals surface area contributed by atoms with E-state index in [9.17, 15) is 0 Å².